The zero-order valence-corrected chi connectivity index (χ0v) is 18.5. The van der Waals surface area contributed by atoms with E-state index in [0.717, 1.165) is 50.5 Å². The standard InChI is InChI=1S/C25H35N3O2/c1-4-11-22(21-12-7-6-8-13-21)26-25(29)20(3)27-16-18-28(19-17-27)23-14-9-10-15-24(23)30-5-2/h6-10,12-15,20,22H,4-5,11,16-19H2,1-3H3,(H,26,29)/t20-,22+/m0/s1. The smallest absolute Gasteiger partial charge is 0.237 e. The Balaban J connectivity index is 1.58. The minimum absolute atomic E-state index is 0.0745. The summed E-state index contributed by atoms with van der Waals surface area (Å²) in [5.41, 5.74) is 2.32. The van der Waals surface area contributed by atoms with Gasteiger partial charge in [-0.25, -0.2) is 0 Å². The van der Waals surface area contributed by atoms with Gasteiger partial charge in [0.1, 0.15) is 5.75 Å². The summed E-state index contributed by atoms with van der Waals surface area (Å²) in [4.78, 5) is 17.6. The first-order valence-electron chi connectivity index (χ1n) is 11.2. The third-order valence-corrected chi connectivity index (χ3v) is 5.84. The van der Waals surface area contributed by atoms with E-state index in [1.165, 1.54) is 5.56 Å². The van der Waals surface area contributed by atoms with E-state index in [1.807, 2.05) is 44.2 Å². The quantitative estimate of drug-likeness (QED) is 0.672. The summed E-state index contributed by atoms with van der Waals surface area (Å²) in [5, 5.41) is 3.29. The van der Waals surface area contributed by atoms with E-state index >= 15 is 0 Å². The molecule has 0 aromatic heterocycles. The molecule has 0 saturated carbocycles. The SMILES string of the molecule is CCC[C@@H](NC(=O)[C@H](C)N1CCN(c2ccccc2OCC)CC1)c1ccccc1. The summed E-state index contributed by atoms with van der Waals surface area (Å²) in [6.07, 6.45) is 1.98. The third-order valence-electron chi connectivity index (χ3n) is 5.84. The molecule has 1 N–H and O–H groups in total. The largest absolute Gasteiger partial charge is 0.492 e. The third kappa shape index (κ3) is 5.54. The molecular weight excluding hydrogens is 374 g/mol. The Bertz CT molecular complexity index is 788. The van der Waals surface area contributed by atoms with Gasteiger partial charge < -0.3 is 15.0 Å². The number of para-hydroxylation sites is 2. The fourth-order valence-electron chi connectivity index (χ4n) is 4.10. The predicted molar refractivity (Wildman–Crippen MR) is 123 cm³/mol. The van der Waals surface area contributed by atoms with Crippen molar-refractivity contribution in [3.63, 3.8) is 0 Å². The number of ether oxygens (including phenoxy) is 1. The molecule has 0 spiro atoms. The molecule has 5 heteroatoms. The van der Waals surface area contributed by atoms with Crippen LogP contribution < -0.4 is 15.0 Å². The molecule has 2 aromatic rings. The Morgan fingerprint density at radius 2 is 1.67 bits per heavy atom. The highest BCUT2D eigenvalue weighted by molar-refractivity contribution is 5.81. The van der Waals surface area contributed by atoms with Crippen LogP contribution in [0.5, 0.6) is 5.75 Å². The van der Waals surface area contributed by atoms with Gasteiger partial charge >= 0.3 is 0 Å². The van der Waals surface area contributed by atoms with Crippen LogP contribution in [0.1, 0.15) is 45.2 Å². The van der Waals surface area contributed by atoms with Crippen molar-refractivity contribution in [3.05, 3.63) is 60.2 Å². The lowest BCUT2D eigenvalue weighted by atomic mass is 10.0. The van der Waals surface area contributed by atoms with E-state index in [-0.39, 0.29) is 18.0 Å². The zero-order chi connectivity index (χ0) is 21.3. The molecule has 0 radical (unpaired) electrons. The summed E-state index contributed by atoms with van der Waals surface area (Å²) < 4.78 is 5.79. The number of rotatable bonds is 9. The Labute approximate surface area is 181 Å². The summed E-state index contributed by atoms with van der Waals surface area (Å²) in [7, 11) is 0. The van der Waals surface area contributed by atoms with Crippen molar-refractivity contribution in [3.8, 4) is 5.75 Å². The van der Waals surface area contributed by atoms with Gasteiger partial charge in [0, 0.05) is 26.2 Å². The first-order chi connectivity index (χ1) is 14.6. The topological polar surface area (TPSA) is 44.8 Å². The lowest BCUT2D eigenvalue weighted by Gasteiger charge is -2.39. The van der Waals surface area contributed by atoms with Crippen LogP contribution in [0.3, 0.4) is 0 Å². The Hall–Kier alpha value is -2.53. The van der Waals surface area contributed by atoms with Crippen LogP contribution in [0.15, 0.2) is 54.6 Å². The number of carbonyl (C=O) groups is 1. The van der Waals surface area contributed by atoms with Crippen molar-refractivity contribution in [1.29, 1.82) is 0 Å². The summed E-state index contributed by atoms with van der Waals surface area (Å²) >= 11 is 0. The number of amides is 1. The molecule has 1 saturated heterocycles. The number of carbonyl (C=O) groups excluding carboxylic acids is 1. The van der Waals surface area contributed by atoms with Crippen molar-refractivity contribution < 1.29 is 9.53 Å². The lowest BCUT2D eigenvalue weighted by Crippen LogP contribution is -2.54. The van der Waals surface area contributed by atoms with Crippen LogP contribution in [-0.4, -0.2) is 49.6 Å². The monoisotopic (exact) mass is 409 g/mol. The summed E-state index contributed by atoms with van der Waals surface area (Å²) in [6, 6.07) is 18.4. The van der Waals surface area contributed by atoms with E-state index in [4.69, 9.17) is 4.74 Å². The average Bonchev–Trinajstić information content (AvgIpc) is 2.79. The number of nitrogens with one attached hydrogen (secondary N) is 1. The Kier molecular flexibility index (Phi) is 8.14. The molecular formula is C25H35N3O2. The van der Waals surface area contributed by atoms with Crippen molar-refractivity contribution in [2.75, 3.05) is 37.7 Å². The van der Waals surface area contributed by atoms with Crippen molar-refractivity contribution in [2.45, 2.75) is 45.7 Å². The number of benzene rings is 2. The molecule has 5 nitrogen and oxygen atoms in total. The molecule has 1 amide bonds. The van der Waals surface area contributed by atoms with Crippen LogP contribution >= 0.6 is 0 Å². The number of anilines is 1. The highest BCUT2D eigenvalue weighted by Crippen LogP contribution is 2.29. The molecule has 2 aromatic carbocycles. The fourth-order valence-corrected chi connectivity index (χ4v) is 4.10. The molecule has 30 heavy (non-hydrogen) atoms. The van der Waals surface area contributed by atoms with Gasteiger partial charge in [-0.05, 0) is 38.0 Å². The molecule has 3 rings (SSSR count). The number of nitrogens with zero attached hydrogens (tertiary/aromatic N) is 2. The van der Waals surface area contributed by atoms with Crippen molar-refractivity contribution in [1.82, 2.24) is 10.2 Å². The van der Waals surface area contributed by atoms with E-state index in [0.29, 0.717) is 6.61 Å². The van der Waals surface area contributed by atoms with Gasteiger partial charge in [0.25, 0.3) is 0 Å². The first kappa shape index (κ1) is 22.2. The maximum Gasteiger partial charge on any atom is 0.237 e. The van der Waals surface area contributed by atoms with Gasteiger partial charge in [-0.15, -0.1) is 0 Å². The molecule has 1 fully saturated rings. The maximum absolute atomic E-state index is 13.0. The van der Waals surface area contributed by atoms with Crippen LogP contribution in [0, 0.1) is 0 Å². The molecule has 1 aliphatic rings. The molecule has 162 valence electrons. The minimum atomic E-state index is -0.141. The van der Waals surface area contributed by atoms with Crippen LogP contribution in [0.2, 0.25) is 0 Å². The molecule has 2 atom stereocenters. The highest BCUT2D eigenvalue weighted by atomic mass is 16.5. The van der Waals surface area contributed by atoms with Gasteiger partial charge in [0.15, 0.2) is 0 Å². The fraction of sp³-hybridized carbons (Fsp3) is 0.480. The number of piperazine rings is 1. The Morgan fingerprint density at radius 1 is 1.00 bits per heavy atom. The van der Waals surface area contributed by atoms with Crippen LogP contribution in [-0.2, 0) is 4.79 Å². The van der Waals surface area contributed by atoms with Gasteiger partial charge in [0.05, 0.1) is 24.4 Å². The van der Waals surface area contributed by atoms with Crippen molar-refractivity contribution >= 4 is 11.6 Å². The molecule has 0 aliphatic carbocycles. The van der Waals surface area contributed by atoms with Crippen LogP contribution in [0.25, 0.3) is 0 Å². The second kappa shape index (κ2) is 11.0. The van der Waals surface area contributed by atoms with E-state index in [1.54, 1.807) is 0 Å². The molecule has 0 unspecified atom stereocenters. The zero-order valence-electron chi connectivity index (χ0n) is 18.5. The molecule has 1 heterocycles. The first-order valence-corrected chi connectivity index (χ1v) is 11.2. The van der Waals surface area contributed by atoms with Gasteiger partial charge in [0.2, 0.25) is 5.91 Å². The molecule has 0 bridgehead atoms. The molecule has 1 aliphatic heterocycles. The predicted octanol–water partition coefficient (Wildman–Crippen LogP) is 4.25. The second-order valence-corrected chi connectivity index (χ2v) is 7.86. The van der Waals surface area contributed by atoms with Gasteiger partial charge in [-0.2, -0.15) is 0 Å². The summed E-state index contributed by atoms with van der Waals surface area (Å²) in [6.45, 7) is 10.3. The number of hydrogen-bond donors (Lipinski definition) is 1. The normalized spacial score (nSPS) is 16.7. The minimum Gasteiger partial charge on any atom is -0.492 e. The van der Waals surface area contributed by atoms with E-state index in [2.05, 4.69) is 46.3 Å². The maximum atomic E-state index is 13.0. The summed E-state index contributed by atoms with van der Waals surface area (Å²) in [5.74, 6) is 1.05. The van der Waals surface area contributed by atoms with E-state index in [9.17, 15) is 4.79 Å². The van der Waals surface area contributed by atoms with Gasteiger partial charge in [-0.3, -0.25) is 9.69 Å². The van der Waals surface area contributed by atoms with Crippen LogP contribution in [0.4, 0.5) is 5.69 Å². The second-order valence-electron chi connectivity index (χ2n) is 7.86. The lowest BCUT2D eigenvalue weighted by molar-refractivity contribution is -0.126. The average molecular weight is 410 g/mol. The van der Waals surface area contributed by atoms with Gasteiger partial charge in [-0.1, -0.05) is 55.8 Å². The van der Waals surface area contributed by atoms with Crippen molar-refractivity contribution in [2.24, 2.45) is 0 Å². The van der Waals surface area contributed by atoms with E-state index < -0.39 is 0 Å². The highest BCUT2D eigenvalue weighted by Gasteiger charge is 2.28. The number of hydrogen-bond acceptors (Lipinski definition) is 4. The Morgan fingerprint density at radius 3 is 2.33 bits per heavy atom.